The van der Waals surface area contributed by atoms with Gasteiger partial charge in [0.15, 0.2) is 10.8 Å². The van der Waals surface area contributed by atoms with Crippen molar-refractivity contribution in [2.24, 2.45) is 0 Å². The molecule has 0 unspecified atom stereocenters. The summed E-state index contributed by atoms with van der Waals surface area (Å²) in [6, 6.07) is 8.98. The number of aromatic nitrogens is 3. The van der Waals surface area contributed by atoms with Crippen molar-refractivity contribution in [2.75, 3.05) is 16.8 Å². The molecule has 2 aromatic heterocycles. The van der Waals surface area contributed by atoms with E-state index in [2.05, 4.69) is 20.3 Å². The molecular weight excluding hydrogens is 374 g/mol. The molecule has 1 aliphatic heterocycles. The summed E-state index contributed by atoms with van der Waals surface area (Å²) in [6.07, 6.45) is 1.52. The fraction of sp³-hybridized carbons (Fsp3) is 0.176. The predicted octanol–water partition coefficient (Wildman–Crippen LogP) is 3.08. The molecule has 7 nitrogen and oxygen atoms in total. The van der Waals surface area contributed by atoms with Gasteiger partial charge in [0.05, 0.1) is 27.2 Å². The van der Waals surface area contributed by atoms with Crippen LogP contribution in [-0.2, 0) is 9.59 Å². The summed E-state index contributed by atoms with van der Waals surface area (Å²) in [7, 11) is 0. The standard InChI is InChI=1S/C17H14ClN5O2S/c1-9(26-17-21-12-6-10(18)7-19-15(12)22-17)16(25)23-8-14(24)20-11-4-2-3-5-13(11)23/h2-7,9H,8H2,1H3,(H,20,24)(H,19,21,22)/t9-/m1/s1. The van der Waals surface area contributed by atoms with Gasteiger partial charge < -0.3 is 10.3 Å². The minimum absolute atomic E-state index is 0.00194. The van der Waals surface area contributed by atoms with Gasteiger partial charge in [-0.1, -0.05) is 35.5 Å². The van der Waals surface area contributed by atoms with Crippen LogP contribution in [0.3, 0.4) is 0 Å². The highest BCUT2D eigenvalue weighted by molar-refractivity contribution is 8.00. The number of nitrogens with one attached hydrogen (secondary N) is 2. The van der Waals surface area contributed by atoms with Crippen LogP contribution in [0.5, 0.6) is 0 Å². The molecule has 9 heteroatoms. The van der Waals surface area contributed by atoms with E-state index in [9.17, 15) is 9.59 Å². The molecule has 26 heavy (non-hydrogen) atoms. The van der Waals surface area contributed by atoms with Crippen molar-refractivity contribution in [1.82, 2.24) is 15.0 Å². The first-order chi connectivity index (χ1) is 12.5. The molecule has 0 bridgehead atoms. The Morgan fingerprint density at radius 3 is 3.04 bits per heavy atom. The highest BCUT2D eigenvalue weighted by Gasteiger charge is 2.30. The number of thioether (sulfide) groups is 1. The summed E-state index contributed by atoms with van der Waals surface area (Å²) in [6.45, 7) is 1.79. The van der Waals surface area contributed by atoms with Crippen LogP contribution >= 0.6 is 23.4 Å². The molecule has 0 spiro atoms. The third kappa shape index (κ3) is 3.13. The summed E-state index contributed by atoms with van der Waals surface area (Å²) in [4.78, 5) is 38.0. The third-order valence-corrected chi connectivity index (χ3v) is 5.13. The summed E-state index contributed by atoms with van der Waals surface area (Å²) >= 11 is 7.21. The largest absolute Gasteiger partial charge is 0.331 e. The number of aromatic amines is 1. The fourth-order valence-electron chi connectivity index (χ4n) is 2.78. The lowest BCUT2D eigenvalue weighted by molar-refractivity contribution is -0.121. The monoisotopic (exact) mass is 387 g/mol. The predicted molar refractivity (Wildman–Crippen MR) is 102 cm³/mol. The number of hydrogen-bond acceptors (Lipinski definition) is 5. The zero-order valence-corrected chi connectivity index (χ0v) is 15.3. The van der Waals surface area contributed by atoms with E-state index in [1.54, 1.807) is 19.1 Å². The average molecular weight is 388 g/mol. The van der Waals surface area contributed by atoms with Crippen LogP contribution in [0.1, 0.15) is 6.92 Å². The maximum absolute atomic E-state index is 12.9. The molecule has 0 saturated carbocycles. The Labute approximate surface area is 158 Å². The summed E-state index contributed by atoms with van der Waals surface area (Å²) in [5, 5.41) is 3.42. The number of rotatable bonds is 3. The van der Waals surface area contributed by atoms with E-state index in [0.29, 0.717) is 32.7 Å². The Hall–Kier alpha value is -2.58. The van der Waals surface area contributed by atoms with Crippen molar-refractivity contribution >= 4 is 57.7 Å². The van der Waals surface area contributed by atoms with Crippen LogP contribution in [0.15, 0.2) is 41.7 Å². The number of carbonyl (C=O) groups excluding carboxylic acids is 2. The lowest BCUT2D eigenvalue weighted by Gasteiger charge is -2.30. The van der Waals surface area contributed by atoms with Gasteiger partial charge in [0.1, 0.15) is 6.54 Å². The van der Waals surface area contributed by atoms with Crippen molar-refractivity contribution in [3.05, 3.63) is 41.6 Å². The molecule has 3 heterocycles. The van der Waals surface area contributed by atoms with Gasteiger partial charge in [-0.2, -0.15) is 0 Å². The first-order valence-corrected chi connectivity index (χ1v) is 9.15. The van der Waals surface area contributed by atoms with Gasteiger partial charge in [0.25, 0.3) is 0 Å². The van der Waals surface area contributed by atoms with E-state index in [1.165, 1.54) is 22.9 Å². The van der Waals surface area contributed by atoms with Crippen LogP contribution in [0.25, 0.3) is 11.2 Å². The fourth-order valence-corrected chi connectivity index (χ4v) is 3.80. The zero-order valence-electron chi connectivity index (χ0n) is 13.7. The van der Waals surface area contributed by atoms with Crippen LogP contribution in [0.4, 0.5) is 11.4 Å². The first kappa shape index (κ1) is 16.9. The third-order valence-electron chi connectivity index (χ3n) is 3.96. The number of amides is 2. The molecular formula is C17H14ClN5O2S. The van der Waals surface area contributed by atoms with Crippen molar-refractivity contribution in [2.45, 2.75) is 17.3 Å². The average Bonchev–Trinajstić information content (AvgIpc) is 3.01. The van der Waals surface area contributed by atoms with Crippen molar-refractivity contribution in [3.8, 4) is 0 Å². The molecule has 1 atom stereocenters. The van der Waals surface area contributed by atoms with Crippen LogP contribution in [0, 0.1) is 0 Å². The Bertz CT molecular complexity index is 1020. The van der Waals surface area contributed by atoms with E-state index in [-0.39, 0.29) is 18.4 Å². The number of halogens is 1. The van der Waals surface area contributed by atoms with Gasteiger partial charge in [0, 0.05) is 6.20 Å². The van der Waals surface area contributed by atoms with Gasteiger partial charge >= 0.3 is 0 Å². The number of H-pyrrole nitrogens is 1. The number of para-hydroxylation sites is 2. The Kier molecular flexibility index (Phi) is 4.29. The van der Waals surface area contributed by atoms with Gasteiger partial charge in [-0.15, -0.1) is 0 Å². The maximum Gasteiger partial charge on any atom is 0.244 e. The molecule has 1 aliphatic rings. The van der Waals surface area contributed by atoms with Crippen LogP contribution in [0.2, 0.25) is 5.02 Å². The smallest absolute Gasteiger partial charge is 0.244 e. The van der Waals surface area contributed by atoms with Gasteiger partial charge in [-0.3, -0.25) is 14.5 Å². The van der Waals surface area contributed by atoms with E-state index in [1.807, 2.05) is 18.2 Å². The topological polar surface area (TPSA) is 91.0 Å². The number of fused-ring (bicyclic) bond motifs is 2. The molecule has 132 valence electrons. The molecule has 0 fully saturated rings. The van der Waals surface area contributed by atoms with E-state index in [0.717, 1.165) is 0 Å². The highest BCUT2D eigenvalue weighted by atomic mass is 35.5. The molecule has 2 N–H and O–H groups in total. The zero-order chi connectivity index (χ0) is 18.3. The second kappa shape index (κ2) is 6.62. The quantitative estimate of drug-likeness (QED) is 0.674. The molecule has 0 saturated heterocycles. The molecule has 4 rings (SSSR count). The lowest BCUT2D eigenvalue weighted by Crippen LogP contribution is -2.45. The second-order valence-electron chi connectivity index (χ2n) is 5.82. The number of pyridine rings is 1. The number of nitrogens with zero attached hydrogens (tertiary/aromatic N) is 3. The van der Waals surface area contributed by atoms with E-state index in [4.69, 9.17) is 11.6 Å². The Morgan fingerprint density at radius 2 is 2.19 bits per heavy atom. The van der Waals surface area contributed by atoms with Gasteiger partial charge in [0.2, 0.25) is 11.8 Å². The van der Waals surface area contributed by atoms with Gasteiger partial charge in [-0.05, 0) is 25.1 Å². The molecule has 2 amide bonds. The number of imidazole rings is 1. The van der Waals surface area contributed by atoms with Crippen molar-refractivity contribution < 1.29 is 9.59 Å². The Balaban J connectivity index is 1.57. The van der Waals surface area contributed by atoms with Crippen LogP contribution < -0.4 is 10.2 Å². The van der Waals surface area contributed by atoms with E-state index < -0.39 is 5.25 Å². The molecule has 1 aromatic carbocycles. The SMILES string of the molecule is C[C@@H](Sc1nc2ncc(Cl)cc2[nH]1)C(=O)N1CC(=O)Nc2ccccc21. The normalized spacial score (nSPS) is 14.8. The van der Waals surface area contributed by atoms with E-state index >= 15 is 0 Å². The highest BCUT2D eigenvalue weighted by Crippen LogP contribution is 2.32. The van der Waals surface area contributed by atoms with Gasteiger partial charge in [-0.25, -0.2) is 9.97 Å². The lowest BCUT2D eigenvalue weighted by atomic mass is 10.2. The number of hydrogen-bond donors (Lipinski definition) is 2. The molecule has 3 aromatic rings. The minimum atomic E-state index is -0.440. The van der Waals surface area contributed by atoms with Crippen molar-refractivity contribution in [1.29, 1.82) is 0 Å². The van der Waals surface area contributed by atoms with Crippen molar-refractivity contribution in [3.63, 3.8) is 0 Å². The molecule has 0 radical (unpaired) electrons. The number of benzene rings is 1. The minimum Gasteiger partial charge on any atom is -0.331 e. The first-order valence-electron chi connectivity index (χ1n) is 7.89. The second-order valence-corrected chi connectivity index (χ2v) is 7.58. The number of carbonyl (C=O) groups is 2. The molecule has 0 aliphatic carbocycles. The van der Waals surface area contributed by atoms with Crippen LogP contribution in [-0.4, -0.2) is 38.6 Å². The Morgan fingerprint density at radius 1 is 1.38 bits per heavy atom. The summed E-state index contributed by atoms with van der Waals surface area (Å²) in [5.41, 5.74) is 2.58. The number of anilines is 2. The summed E-state index contributed by atoms with van der Waals surface area (Å²) < 4.78 is 0. The summed E-state index contributed by atoms with van der Waals surface area (Å²) in [5.74, 6) is -0.374. The maximum atomic E-state index is 12.9.